The first-order valence-corrected chi connectivity index (χ1v) is 7.05. The van der Waals surface area contributed by atoms with E-state index in [2.05, 4.69) is 22.0 Å². The van der Waals surface area contributed by atoms with E-state index in [1.165, 1.54) is 12.8 Å². The summed E-state index contributed by atoms with van der Waals surface area (Å²) < 4.78 is 1.64. The first-order valence-electron chi connectivity index (χ1n) is 7.05. The number of rotatable bonds is 2. The Balaban J connectivity index is 1.90. The Hall–Kier alpha value is -1.43. The van der Waals surface area contributed by atoms with Crippen LogP contribution in [0.2, 0.25) is 0 Å². The molecule has 1 aromatic heterocycles. The molecule has 1 fully saturated rings. The van der Waals surface area contributed by atoms with Crippen molar-refractivity contribution in [1.82, 2.24) is 19.7 Å². The van der Waals surface area contributed by atoms with Crippen molar-refractivity contribution in [1.29, 1.82) is 0 Å². The maximum Gasteiger partial charge on any atom is 0.328 e. The Kier molecular flexibility index (Phi) is 3.26. The fraction of sp³-hybridized carbons (Fsp3) is 0.769. The van der Waals surface area contributed by atoms with Crippen LogP contribution in [0.15, 0.2) is 0 Å². The minimum atomic E-state index is -0.797. The normalized spacial score (nSPS) is 28.1. The minimum Gasteiger partial charge on any atom is -0.480 e. The van der Waals surface area contributed by atoms with Gasteiger partial charge < -0.3 is 5.11 Å². The van der Waals surface area contributed by atoms with Crippen LogP contribution in [0, 0.1) is 0 Å². The van der Waals surface area contributed by atoms with E-state index in [1.807, 2.05) is 0 Å². The van der Waals surface area contributed by atoms with Crippen molar-refractivity contribution >= 4 is 5.97 Å². The first-order chi connectivity index (χ1) is 9.16. The van der Waals surface area contributed by atoms with Crippen LogP contribution in [0.3, 0.4) is 0 Å². The van der Waals surface area contributed by atoms with E-state index < -0.39 is 12.0 Å². The third-order valence-electron chi connectivity index (χ3n) is 4.24. The number of likely N-dealkylation sites (tertiary alicyclic amines) is 1. The highest BCUT2D eigenvalue weighted by atomic mass is 16.4. The van der Waals surface area contributed by atoms with Crippen LogP contribution in [-0.4, -0.2) is 44.3 Å². The lowest BCUT2D eigenvalue weighted by Gasteiger charge is -2.30. The van der Waals surface area contributed by atoms with Crippen molar-refractivity contribution in [3.63, 3.8) is 0 Å². The van der Waals surface area contributed by atoms with Gasteiger partial charge in [-0.3, -0.25) is 4.90 Å². The topological polar surface area (TPSA) is 71.2 Å². The maximum absolute atomic E-state index is 11.3. The zero-order chi connectivity index (χ0) is 13.4. The number of aryl methyl sites for hydroxylation is 1. The summed E-state index contributed by atoms with van der Waals surface area (Å²) in [5.41, 5.74) is 0. The Morgan fingerprint density at radius 3 is 2.89 bits per heavy atom. The first kappa shape index (κ1) is 12.6. The van der Waals surface area contributed by atoms with Crippen LogP contribution in [-0.2, 0) is 11.2 Å². The lowest BCUT2D eigenvalue weighted by Crippen LogP contribution is -2.30. The van der Waals surface area contributed by atoms with Crippen molar-refractivity contribution in [2.45, 2.75) is 50.6 Å². The number of carbonyl (C=O) groups is 1. The second kappa shape index (κ2) is 4.92. The highest BCUT2D eigenvalue weighted by Crippen LogP contribution is 2.30. The number of piperidine rings is 1. The Bertz CT molecular complexity index is 485. The van der Waals surface area contributed by atoms with E-state index in [9.17, 15) is 9.90 Å². The van der Waals surface area contributed by atoms with Gasteiger partial charge in [0.15, 0.2) is 11.9 Å². The summed E-state index contributed by atoms with van der Waals surface area (Å²) in [6.07, 6.45) is 5.87. The van der Waals surface area contributed by atoms with Crippen LogP contribution in [0.25, 0.3) is 0 Å². The summed E-state index contributed by atoms with van der Waals surface area (Å²) in [6, 6.07) is -0.278. The predicted octanol–water partition coefficient (Wildman–Crippen LogP) is 1.40. The molecule has 3 rings (SSSR count). The van der Waals surface area contributed by atoms with Crippen LogP contribution in [0.1, 0.15) is 55.8 Å². The summed E-state index contributed by atoms with van der Waals surface area (Å²) in [5, 5.41) is 13.8. The molecule has 19 heavy (non-hydrogen) atoms. The van der Waals surface area contributed by atoms with E-state index in [4.69, 9.17) is 0 Å². The lowest BCUT2D eigenvalue weighted by molar-refractivity contribution is -0.141. The molecule has 3 heterocycles. The van der Waals surface area contributed by atoms with E-state index in [1.54, 1.807) is 4.68 Å². The molecule has 0 aromatic carbocycles. The average Bonchev–Trinajstić information content (AvgIpc) is 2.82. The predicted molar refractivity (Wildman–Crippen MR) is 68.9 cm³/mol. The van der Waals surface area contributed by atoms with Gasteiger partial charge in [0, 0.05) is 6.42 Å². The molecule has 1 aromatic rings. The molecule has 0 amide bonds. The minimum absolute atomic E-state index is 0.251. The molecule has 6 heteroatoms. The third-order valence-corrected chi connectivity index (χ3v) is 4.24. The summed E-state index contributed by atoms with van der Waals surface area (Å²) >= 11 is 0. The zero-order valence-electron chi connectivity index (χ0n) is 11.2. The molecule has 2 aliphatic heterocycles. The van der Waals surface area contributed by atoms with Gasteiger partial charge in [0.25, 0.3) is 0 Å². The molecule has 1 N–H and O–H groups in total. The summed E-state index contributed by atoms with van der Waals surface area (Å²) in [4.78, 5) is 18.2. The third kappa shape index (κ3) is 2.25. The molecular formula is C13H20N4O2. The van der Waals surface area contributed by atoms with Crippen molar-refractivity contribution in [2.24, 2.45) is 0 Å². The molecule has 0 saturated carbocycles. The van der Waals surface area contributed by atoms with Gasteiger partial charge in [0.05, 0.1) is 6.04 Å². The molecule has 0 bridgehead atoms. The largest absolute Gasteiger partial charge is 0.480 e. The van der Waals surface area contributed by atoms with Crippen LogP contribution < -0.4 is 0 Å². The number of fused-ring (bicyclic) bond motifs is 1. The molecule has 0 spiro atoms. The van der Waals surface area contributed by atoms with Crippen LogP contribution >= 0.6 is 0 Å². The number of nitrogens with zero attached hydrogens (tertiary/aromatic N) is 4. The number of carboxylic acid groups (broad SMARTS) is 1. The Labute approximate surface area is 112 Å². The quantitative estimate of drug-likeness (QED) is 0.874. The van der Waals surface area contributed by atoms with E-state index in [-0.39, 0.29) is 6.04 Å². The molecule has 2 atom stereocenters. The van der Waals surface area contributed by atoms with Crippen LogP contribution in [0.4, 0.5) is 0 Å². The molecule has 2 aliphatic rings. The van der Waals surface area contributed by atoms with Crippen molar-refractivity contribution in [2.75, 3.05) is 13.6 Å². The summed E-state index contributed by atoms with van der Waals surface area (Å²) in [5.74, 6) is 0.854. The molecule has 6 nitrogen and oxygen atoms in total. The van der Waals surface area contributed by atoms with Gasteiger partial charge in [0.1, 0.15) is 5.82 Å². The van der Waals surface area contributed by atoms with Gasteiger partial charge in [-0.2, -0.15) is 5.10 Å². The summed E-state index contributed by atoms with van der Waals surface area (Å²) in [7, 11) is 2.10. The van der Waals surface area contributed by atoms with Gasteiger partial charge in [-0.1, -0.05) is 6.42 Å². The van der Waals surface area contributed by atoms with Crippen LogP contribution in [0.5, 0.6) is 0 Å². The van der Waals surface area contributed by atoms with Gasteiger partial charge in [-0.15, -0.1) is 0 Å². The number of hydrogen-bond acceptors (Lipinski definition) is 4. The smallest absolute Gasteiger partial charge is 0.328 e. The molecule has 104 valence electrons. The van der Waals surface area contributed by atoms with Gasteiger partial charge >= 0.3 is 5.97 Å². The van der Waals surface area contributed by atoms with Crippen molar-refractivity contribution in [3.05, 3.63) is 11.6 Å². The average molecular weight is 264 g/mol. The van der Waals surface area contributed by atoms with Gasteiger partial charge in [-0.25, -0.2) is 14.5 Å². The highest BCUT2D eigenvalue weighted by Gasteiger charge is 2.31. The summed E-state index contributed by atoms with van der Waals surface area (Å²) in [6.45, 7) is 1.07. The molecule has 0 aliphatic carbocycles. The van der Waals surface area contributed by atoms with E-state index in [0.717, 1.165) is 37.5 Å². The monoisotopic (exact) mass is 264 g/mol. The highest BCUT2D eigenvalue weighted by molar-refractivity contribution is 5.71. The number of aromatic nitrogens is 3. The lowest BCUT2D eigenvalue weighted by atomic mass is 10.0. The standard InChI is InChI=1S/C13H20N4O2/c1-16-8-3-2-5-9(16)12-14-11-7-4-6-10(13(18)19)17(11)15-12/h9-10H,2-8H2,1H3,(H,18,19). The molecule has 2 unspecified atom stereocenters. The van der Waals surface area contributed by atoms with Gasteiger partial charge in [0.2, 0.25) is 0 Å². The second-order valence-electron chi connectivity index (χ2n) is 5.57. The maximum atomic E-state index is 11.3. The van der Waals surface area contributed by atoms with Crippen molar-refractivity contribution in [3.8, 4) is 0 Å². The fourth-order valence-electron chi connectivity index (χ4n) is 3.14. The number of hydrogen-bond donors (Lipinski definition) is 1. The molecule has 1 saturated heterocycles. The van der Waals surface area contributed by atoms with E-state index >= 15 is 0 Å². The SMILES string of the molecule is CN1CCCCC1c1nc2n(n1)C(C(=O)O)CCC2. The Morgan fingerprint density at radius 1 is 1.32 bits per heavy atom. The molecular weight excluding hydrogens is 244 g/mol. The second-order valence-corrected chi connectivity index (χ2v) is 5.57. The van der Waals surface area contributed by atoms with Crippen molar-refractivity contribution < 1.29 is 9.90 Å². The van der Waals surface area contributed by atoms with E-state index in [0.29, 0.717) is 6.42 Å². The number of carboxylic acids is 1. The zero-order valence-corrected chi connectivity index (χ0v) is 11.2. The number of aliphatic carboxylic acids is 1. The fourth-order valence-corrected chi connectivity index (χ4v) is 3.14. The Morgan fingerprint density at radius 2 is 2.16 bits per heavy atom. The molecule has 0 radical (unpaired) electrons. The van der Waals surface area contributed by atoms with Gasteiger partial charge in [-0.05, 0) is 39.3 Å².